The average molecular weight is 472 g/mol. The highest BCUT2D eigenvalue weighted by Crippen LogP contribution is 2.31. The zero-order chi connectivity index (χ0) is 24.1. The summed E-state index contributed by atoms with van der Waals surface area (Å²) in [7, 11) is -2.33. The number of carboxylic acids is 1. The Hall–Kier alpha value is -3.58. The number of nitrogens with two attached hydrogens (primary N) is 1. The minimum absolute atomic E-state index is 0.0838. The molecule has 0 aliphatic rings. The first kappa shape index (κ1) is 24.7. The maximum Gasteiger partial charge on any atom is 0.490 e. The van der Waals surface area contributed by atoms with Crippen LogP contribution in [0.1, 0.15) is 0 Å². The van der Waals surface area contributed by atoms with Crippen molar-refractivity contribution in [3.8, 4) is 22.3 Å². The summed E-state index contributed by atoms with van der Waals surface area (Å²) in [5, 5.41) is 7.12. The van der Waals surface area contributed by atoms with Gasteiger partial charge in [-0.3, -0.25) is 0 Å². The molecule has 170 valence electrons. The van der Waals surface area contributed by atoms with Gasteiger partial charge in [-0.05, 0) is 24.7 Å². The first-order chi connectivity index (χ1) is 14.9. The van der Waals surface area contributed by atoms with Crippen LogP contribution in [0, 0.1) is 5.82 Å². The molecule has 0 saturated carbocycles. The molecule has 1 aromatic heterocycles. The predicted octanol–water partition coefficient (Wildman–Crippen LogP) is 3.07. The van der Waals surface area contributed by atoms with Gasteiger partial charge in [0.1, 0.15) is 5.82 Å². The molecule has 0 aliphatic heterocycles. The van der Waals surface area contributed by atoms with Crippen LogP contribution < -0.4 is 10.5 Å². The van der Waals surface area contributed by atoms with Crippen LogP contribution >= 0.6 is 0 Å². The lowest BCUT2D eigenvalue weighted by molar-refractivity contribution is -0.192. The number of aromatic nitrogens is 2. The Morgan fingerprint density at radius 1 is 1.03 bits per heavy atom. The van der Waals surface area contributed by atoms with Crippen molar-refractivity contribution in [3.05, 3.63) is 60.7 Å². The van der Waals surface area contributed by atoms with E-state index in [-0.39, 0.29) is 10.8 Å². The summed E-state index contributed by atoms with van der Waals surface area (Å²) in [5.74, 6) is -3.16. The van der Waals surface area contributed by atoms with Gasteiger partial charge in [0, 0.05) is 29.1 Å². The number of nitrogens with zero attached hydrogens (tertiary/aromatic N) is 2. The number of carboxylic acid groups (broad SMARTS) is 1. The maximum atomic E-state index is 14.6. The van der Waals surface area contributed by atoms with E-state index in [4.69, 9.17) is 15.6 Å². The second-order valence-electron chi connectivity index (χ2n) is 6.03. The number of carbonyl (C=O) groups is 1. The van der Waals surface area contributed by atoms with Gasteiger partial charge in [-0.2, -0.15) is 13.2 Å². The van der Waals surface area contributed by atoms with E-state index in [0.29, 0.717) is 22.3 Å². The van der Waals surface area contributed by atoms with Crippen molar-refractivity contribution >= 4 is 21.9 Å². The normalized spacial score (nSPS) is 11.4. The minimum atomic E-state index is -5.08. The van der Waals surface area contributed by atoms with E-state index in [1.165, 1.54) is 31.6 Å². The molecule has 0 bridgehead atoms. The van der Waals surface area contributed by atoms with Crippen LogP contribution in [0.5, 0.6) is 0 Å². The summed E-state index contributed by atoms with van der Waals surface area (Å²) >= 11 is 0. The van der Waals surface area contributed by atoms with Crippen molar-refractivity contribution in [1.29, 1.82) is 0 Å². The van der Waals surface area contributed by atoms with Crippen molar-refractivity contribution in [1.82, 2.24) is 14.7 Å². The number of sulfonamides is 1. The highest BCUT2D eigenvalue weighted by Gasteiger charge is 2.38. The van der Waals surface area contributed by atoms with Crippen molar-refractivity contribution in [2.75, 3.05) is 12.8 Å². The SMILES string of the molecule is CNS(=O)(=O)c1ccccc1-c1ccc(-c2cnc(N)nc2)c(F)c1.O=C(O)C(F)(F)F. The Morgan fingerprint density at radius 2 is 1.59 bits per heavy atom. The molecule has 3 aromatic rings. The smallest absolute Gasteiger partial charge is 0.475 e. The van der Waals surface area contributed by atoms with Gasteiger partial charge in [0.15, 0.2) is 0 Å². The van der Waals surface area contributed by atoms with E-state index in [9.17, 15) is 26.0 Å². The number of nitrogens with one attached hydrogen (secondary N) is 1. The van der Waals surface area contributed by atoms with Gasteiger partial charge >= 0.3 is 12.1 Å². The fourth-order valence-corrected chi connectivity index (χ4v) is 3.40. The molecular formula is C19H16F4N4O4S. The highest BCUT2D eigenvalue weighted by molar-refractivity contribution is 7.89. The van der Waals surface area contributed by atoms with Crippen molar-refractivity contribution in [2.45, 2.75) is 11.1 Å². The largest absolute Gasteiger partial charge is 0.490 e. The molecule has 0 amide bonds. The molecular weight excluding hydrogens is 456 g/mol. The predicted molar refractivity (Wildman–Crippen MR) is 107 cm³/mol. The number of hydrogen-bond acceptors (Lipinski definition) is 6. The van der Waals surface area contributed by atoms with E-state index in [1.54, 1.807) is 30.3 Å². The van der Waals surface area contributed by atoms with Gasteiger partial charge in [0.2, 0.25) is 16.0 Å². The molecule has 0 atom stereocenters. The van der Waals surface area contributed by atoms with Crippen LogP contribution in [0.4, 0.5) is 23.5 Å². The lowest BCUT2D eigenvalue weighted by atomic mass is 10.0. The number of anilines is 1. The van der Waals surface area contributed by atoms with Crippen molar-refractivity contribution in [2.24, 2.45) is 0 Å². The van der Waals surface area contributed by atoms with E-state index in [0.717, 1.165) is 0 Å². The molecule has 8 nitrogen and oxygen atoms in total. The third-order valence-electron chi connectivity index (χ3n) is 3.95. The first-order valence-corrected chi connectivity index (χ1v) is 10.1. The van der Waals surface area contributed by atoms with Gasteiger partial charge in [0.25, 0.3) is 0 Å². The summed E-state index contributed by atoms with van der Waals surface area (Å²) in [4.78, 5) is 16.7. The Kier molecular flexibility index (Phi) is 7.48. The van der Waals surface area contributed by atoms with Crippen LogP contribution in [-0.4, -0.2) is 42.7 Å². The number of halogens is 4. The Labute approximate surface area is 179 Å². The van der Waals surface area contributed by atoms with Crippen LogP contribution in [0.2, 0.25) is 0 Å². The number of nitrogen functional groups attached to an aromatic ring is 1. The monoisotopic (exact) mass is 472 g/mol. The molecule has 4 N–H and O–H groups in total. The quantitative estimate of drug-likeness (QED) is 0.497. The molecule has 1 heterocycles. The number of aliphatic carboxylic acids is 1. The topological polar surface area (TPSA) is 135 Å². The van der Waals surface area contributed by atoms with Crippen LogP contribution in [0.3, 0.4) is 0 Å². The summed E-state index contributed by atoms with van der Waals surface area (Å²) in [6, 6.07) is 10.9. The van der Waals surface area contributed by atoms with Gasteiger partial charge < -0.3 is 10.8 Å². The van der Waals surface area contributed by atoms with Crippen LogP contribution in [0.25, 0.3) is 22.3 Å². The first-order valence-electron chi connectivity index (χ1n) is 8.57. The fourth-order valence-electron chi connectivity index (χ4n) is 2.44. The molecule has 0 spiro atoms. The maximum absolute atomic E-state index is 14.6. The zero-order valence-electron chi connectivity index (χ0n) is 16.3. The summed E-state index contributed by atoms with van der Waals surface area (Å²) < 4.78 is 72.9. The average Bonchev–Trinajstić information content (AvgIpc) is 2.74. The Bertz CT molecular complexity index is 1220. The van der Waals surface area contributed by atoms with Gasteiger partial charge in [-0.1, -0.05) is 30.3 Å². The molecule has 0 fully saturated rings. The van der Waals surface area contributed by atoms with Gasteiger partial charge in [-0.15, -0.1) is 0 Å². The zero-order valence-corrected chi connectivity index (χ0v) is 17.1. The molecule has 3 rings (SSSR count). The third-order valence-corrected chi connectivity index (χ3v) is 5.42. The molecule has 0 radical (unpaired) electrons. The van der Waals surface area contributed by atoms with E-state index in [2.05, 4.69) is 14.7 Å². The molecule has 13 heteroatoms. The molecule has 0 saturated heterocycles. The molecule has 32 heavy (non-hydrogen) atoms. The molecule has 0 aliphatic carbocycles. The van der Waals surface area contributed by atoms with E-state index < -0.39 is 28.0 Å². The molecule has 0 unspecified atom stereocenters. The van der Waals surface area contributed by atoms with Crippen molar-refractivity contribution in [3.63, 3.8) is 0 Å². The summed E-state index contributed by atoms with van der Waals surface area (Å²) in [6.07, 6.45) is -2.22. The van der Waals surface area contributed by atoms with Crippen molar-refractivity contribution < 1.29 is 35.9 Å². The van der Waals surface area contributed by atoms with Crippen LogP contribution in [-0.2, 0) is 14.8 Å². The summed E-state index contributed by atoms with van der Waals surface area (Å²) in [6.45, 7) is 0. The second kappa shape index (κ2) is 9.70. The van der Waals surface area contributed by atoms with Crippen LogP contribution in [0.15, 0.2) is 59.8 Å². The third kappa shape index (κ3) is 5.98. The van der Waals surface area contributed by atoms with Gasteiger partial charge in [0.05, 0.1) is 4.90 Å². The second-order valence-corrected chi connectivity index (χ2v) is 7.89. The van der Waals surface area contributed by atoms with Gasteiger partial charge in [-0.25, -0.2) is 32.3 Å². The minimum Gasteiger partial charge on any atom is -0.475 e. The summed E-state index contributed by atoms with van der Waals surface area (Å²) in [5.41, 5.74) is 7.08. The number of alkyl halides is 3. The Morgan fingerprint density at radius 3 is 2.09 bits per heavy atom. The number of benzene rings is 2. The molecule has 2 aromatic carbocycles. The lowest BCUT2D eigenvalue weighted by Gasteiger charge is -2.11. The van der Waals surface area contributed by atoms with E-state index >= 15 is 0 Å². The lowest BCUT2D eigenvalue weighted by Crippen LogP contribution is -2.21. The highest BCUT2D eigenvalue weighted by atomic mass is 32.2. The fraction of sp³-hybridized carbons (Fsp3) is 0.105. The number of hydrogen-bond donors (Lipinski definition) is 3. The standard InChI is InChI=1S/C17H15FN4O2S.C2HF3O2/c1-20-25(23,24)16-5-3-2-4-14(16)11-6-7-13(15(18)8-11)12-9-21-17(19)22-10-12;3-2(4,5)1(6)7/h2-10,20H,1H3,(H2,19,21,22);(H,6,7). The Balaban J connectivity index is 0.000000451. The van der Waals surface area contributed by atoms with E-state index in [1.807, 2.05) is 0 Å². The number of rotatable bonds is 4.